The van der Waals surface area contributed by atoms with E-state index in [1.807, 2.05) is 30.3 Å². The Morgan fingerprint density at radius 3 is 2.67 bits per heavy atom. The van der Waals surface area contributed by atoms with Gasteiger partial charge in [0.1, 0.15) is 6.61 Å². The van der Waals surface area contributed by atoms with Crippen LogP contribution in [-0.4, -0.2) is 18.8 Å². The molecule has 1 atom stereocenters. The van der Waals surface area contributed by atoms with Crippen molar-refractivity contribution in [2.45, 2.75) is 12.6 Å². The Labute approximate surface area is 129 Å². The first-order valence-corrected chi connectivity index (χ1v) is 6.93. The standard InChI is InChI=1S/C16H18ClNO3/c1-20-15-6-5-12(14(18)9-19)8-16(15)21-10-11-3-2-4-13(17)7-11/h2-8,14,19H,9-10,18H2,1H3/t14-/m1/s1. The molecule has 0 aromatic heterocycles. The van der Waals surface area contributed by atoms with Crippen LogP contribution in [0.3, 0.4) is 0 Å². The summed E-state index contributed by atoms with van der Waals surface area (Å²) >= 11 is 5.95. The minimum atomic E-state index is -0.440. The molecule has 2 aromatic rings. The summed E-state index contributed by atoms with van der Waals surface area (Å²) < 4.78 is 11.1. The molecule has 0 heterocycles. The molecule has 3 N–H and O–H groups in total. The van der Waals surface area contributed by atoms with E-state index in [1.54, 1.807) is 19.2 Å². The summed E-state index contributed by atoms with van der Waals surface area (Å²) in [5.74, 6) is 1.20. The molecule has 4 nitrogen and oxygen atoms in total. The Kier molecular flexibility index (Phi) is 5.44. The highest BCUT2D eigenvalue weighted by Crippen LogP contribution is 2.30. The minimum absolute atomic E-state index is 0.125. The summed E-state index contributed by atoms with van der Waals surface area (Å²) in [7, 11) is 1.58. The fourth-order valence-electron chi connectivity index (χ4n) is 1.93. The summed E-state index contributed by atoms with van der Waals surface area (Å²) in [5, 5.41) is 9.80. The first-order valence-electron chi connectivity index (χ1n) is 6.55. The van der Waals surface area contributed by atoms with Crippen molar-refractivity contribution in [3.8, 4) is 11.5 Å². The fourth-order valence-corrected chi connectivity index (χ4v) is 2.14. The Bertz CT molecular complexity index is 604. The van der Waals surface area contributed by atoms with Crippen LogP contribution >= 0.6 is 11.6 Å². The number of halogens is 1. The second kappa shape index (κ2) is 7.31. The Balaban J connectivity index is 2.17. The monoisotopic (exact) mass is 307 g/mol. The number of hydrogen-bond donors (Lipinski definition) is 2. The molecule has 0 unspecified atom stereocenters. The van der Waals surface area contributed by atoms with Gasteiger partial charge in [-0.25, -0.2) is 0 Å². The summed E-state index contributed by atoms with van der Waals surface area (Å²) in [6, 6.07) is 12.4. The zero-order chi connectivity index (χ0) is 15.2. The maximum atomic E-state index is 9.13. The van der Waals surface area contributed by atoms with Gasteiger partial charge >= 0.3 is 0 Å². The highest BCUT2D eigenvalue weighted by atomic mass is 35.5. The van der Waals surface area contributed by atoms with Crippen LogP contribution < -0.4 is 15.2 Å². The van der Waals surface area contributed by atoms with Crippen LogP contribution in [0.25, 0.3) is 0 Å². The summed E-state index contributed by atoms with van der Waals surface area (Å²) in [4.78, 5) is 0. The van der Waals surface area contributed by atoms with Crippen LogP contribution in [0.15, 0.2) is 42.5 Å². The van der Waals surface area contributed by atoms with E-state index in [0.717, 1.165) is 11.1 Å². The smallest absolute Gasteiger partial charge is 0.161 e. The molecule has 0 saturated heterocycles. The second-order valence-electron chi connectivity index (χ2n) is 4.62. The molecule has 0 radical (unpaired) electrons. The van der Waals surface area contributed by atoms with Crippen molar-refractivity contribution in [1.82, 2.24) is 0 Å². The molecule has 0 amide bonds. The molecule has 112 valence electrons. The van der Waals surface area contributed by atoms with Gasteiger partial charge in [0.25, 0.3) is 0 Å². The van der Waals surface area contributed by atoms with Crippen LogP contribution in [0.2, 0.25) is 5.02 Å². The van der Waals surface area contributed by atoms with Crippen molar-refractivity contribution >= 4 is 11.6 Å². The predicted octanol–water partition coefficient (Wildman–Crippen LogP) is 2.92. The maximum absolute atomic E-state index is 9.13. The molecule has 0 aliphatic rings. The molecule has 0 saturated carbocycles. The predicted molar refractivity (Wildman–Crippen MR) is 82.8 cm³/mol. The molecule has 5 heteroatoms. The van der Waals surface area contributed by atoms with Gasteiger partial charge in [0.05, 0.1) is 19.8 Å². The van der Waals surface area contributed by atoms with Crippen molar-refractivity contribution in [3.63, 3.8) is 0 Å². The number of nitrogens with two attached hydrogens (primary N) is 1. The van der Waals surface area contributed by atoms with Crippen LogP contribution in [0.5, 0.6) is 11.5 Å². The van der Waals surface area contributed by atoms with E-state index in [4.69, 9.17) is 31.9 Å². The second-order valence-corrected chi connectivity index (χ2v) is 5.05. The van der Waals surface area contributed by atoms with Crippen LogP contribution in [0.4, 0.5) is 0 Å². The molecular formula is C16H18ClNO3. The first-order chi connectivity index (χ1) is 10.1. The summed E-state index contributed by atoms with van der Waals surface area (Å²) in [6.45, 7) is 0.245. The zero-order valence-electron chi connectivity index (χ0n) is 11.8. The number of aliphatic hydroxyl groups excluding tert-OH is 1. The van der Waals surface area contributed by atoms with Gasteiger partial charge in [0, 0.05) is 5.02 Å². The SMILES string of the molecule is COc1ccc([C@H](N)CO)cc1OCc1cccc(Cl)c1. The largest absolute Gasteiger partial charge is 0.493 e. The third kappa shape index (κ3) is 4.11. The Morgan fingerprint density at radius 1 is 1.19 bits per heavy atom. The maximum Gasteiger partial charge on any atom is 0.161 e. The summed E-state index contributed by atoms with van der Waals surface area (Å²) in [5.41, 5.74) is 7.57. The van der Waals surface area contributed by atoms with Gasteiger partial charge in [0.15, 0.2) is 11.5 Å². The third-order valence-electron chi connectivity index (χ3n) is 3.10. The van der Waals surface area contributed by atoms with E-state index in [2.05, 4.69) is 0 Å². The van der Waals surface area contributed by atoms with Gasteiger partial charge < -0.3 is 20.3 Å². The molecule has 0 aliphatic carbocycles. The average molecular weight is 308 g/mol. The topological polar surface area (TPSA) is 64.7 Å². The average Bonchev–Trinajstić information content (AvgIpc) is 2.52. The number of benzene rings is 2. The normalized spacial score (nSPS) is 12.0. The Hall–Kier alpha value is -1.75. The van der Waals surface area contributed by atoms with Crippen molar-refractivity contribution < 1.29 is 14.6 Å². The zero-order valence-corrected chi connectivity index (χ0v) is 12.5. The molecule has 0 bridgehead atoms. The van der Waals surface area contributed by atoms with Gasteiger partial charge in [-0.05, 0) is 35.4 Å². The third-order valence-corrected chi connectivity index (χ3v) is 3.33. The lowest BCUT2D eigenvalue weighted by atomic mass is 10.1. The lowest BCUT2D eigenvalue weighted by Gasteiger charge is -2.15. The Morgan fingerprint density at radius 2 is 2.00 bits per heavy atom. The van der Waals surface area contributed by atoms with E-state index in [1.165, 1.54) is 0 Å². The summed E-state index contributed by atoms with van der Waals surface area (Å²) in [6.07, 6.45) is 0. The highest BCUT2D eigenvalue weighted by Gasteiger charge is 2.10. The highest BCUT2D eigenvalue weighted by molar-refractivity contribution is 6.30. The van der Waals surface area contributed by atoms with Gasteiger partial charge in [-0.15, -0.1) is 0 Å². The molecular weight excluding hydrogens is 290 g/mol. The van der Waals surface area contributed by atoms with Gasteiger partial charge in [-0.2, -0.15) is 0 Å². The lowest BCUT2D eigenvalue weighted by molar-refractivity contribution is 0.265. The quantitative estimate of drug-likeness (QED) is 0.861. The van der Waals surface area contributed by atoms with Crippen molar-refractivity contribution in [3.05, 3.63) is 58.6 Å². The minimum Gasteiger partial charge on any atom is -0.493 e. The molecule has 0 fully saturated rings. The van der Waals surface area contributed by atoms with Crippen molar-refractivity contribution in [2.75, 3.05) is 13.7 Å². The van der Waals surface area contributed by atoms with Crippen LogP contribution in [0, 0.1) is 0 Å². The van der Waals surface area contributed by atoms with E-state index in [-0.39, 0.29) is 6.61 Å². The van der Waals surface area contributed by atoms with Gasteiger partial charge in [-0.3, -0.25) is 0 Å². The first kappa shape index (κ1) is 15.6. The molecule has 0 aliphatic heterocycles. The van der Waals surface area contributed by atoms with Gasteiger partial charge in [0.2, 0.25) is 0 Å². The number of hydrogen-bond acceptors (Lipinski definition) is 4. The number of aliphatic hydroxyl groups is 1. The molecule has 2 rings (SSSR count). The molecule has 0 spiro atoms. The van der Waals surface area contributed by atoms with Gasteiger partial charge in [-0.1, -0.05) is 29.8 Å². The van der Waals surface area contributed by atoms with Crippen molar-refractivity contribution in [1.29, 1.82) is 0 Å². The molecule has 21 heavy (non-hydrogen) atoms. The van der Waals surface area contributed by atoms with E-state index in [0.29, 0.717) is 23.1 Å². The molecule has 2 aromatic carbocycles. The lowest BCUT2D eigenvalue weighted by Crippen LogP contribution is -2.14. The number of rotatable bonds is 6. The van der Waals surface area contributed by atoms with Crippen LogP contribution in [-0.2, 0) is 6.61 Å². The fraction of sp³-hybridized carbons (Fsp3) is 0.250. The van der Waals surface area contributed by atoms with E-state index < -0.39 is 6.04 Å². The number of ether oxygens (including phenoxy) is 2. The van der Waals surface area contributed by atoms with E-state index in [9.17, 15) is 0 Å². The van der Waals surface area contributed by atoms with E-state index >= 15 is 0 Å². The number of methoxy groups -OCH3 is 1. The van der Waals surface area contributed by atoms with Crippen LogP contribution in [0.1, 0.15) is 17.2 Å². The van der Waals surface area contributed by atoms with Crippen molar-refractivity contribution in [2.24, 2.45) is 5.73 Å².